The number of esters is 2. The van der Waals surface area contributed by atoms with Crippen LogP contribution in [0.1, 0.15) is 58.8 Å². The maximum atomic E-state index is 14.2. The minimum Gasteiger partial charge on any atom is -0.490 e. The molecule has 10 nitrogen and oxygen atoms in total. The van der Waals surface area contributed by atoms with Crippen molar-refractivity contribution in [1.29, 1.82) is 0 Å². The molecule has 0 radical (unpaired) electrons. The Morgan fingerprint density at radius 3 is 2.51 bits per heavy atom. The van der Waals surface area contributed by atoms with E-state index in [9.17, 15) is 29.7 Å². The molecule has 13 heteroatoms. The van der Waals surface area contributed by atoms with Gasteiger partial charge in [0.15, 0.2) is 5.78 Å². The Labute approximate surface area is 297 Å². The lowest BCUT2D eigenvalue weighted by atomic mass is 9.35. The number of ketones is 1. The molecule has 2 saturated heterocycles. The second-order valence-electron chi connectivity index (χ2n) is 14.9. The van der Waals surface area contributed by atoms with Crippen LogP contribution in [0.2, 0.25) is 0 Å². The quantitative estimate of drug-likeness (QED) is 0.0970. The summed E-state index contributed by atoms with van der Waals surface area (Å²) in [5, 5.41) is 35.7. The molecular formula is C36H42O10S3. The fourth-order valence-electron chi connectivity index (χ4n) is 10.1. The van der Waals surface area contributed by atoms with Gasteiger partial charge in [-0.2, -0.15) is 0 Å². The van der Waals surface area contributed by atoms with Gasteiger partial charge in [-0.1, -0.05) is 53.3 Å². The highest BCUT2D eigenvalue weighted by Crippen LogP contribution is 2.76. The molecule has 9 atom stereocenters. The average Bonchev–Trinajstić information content (AvgIpc) is 3.55. The van der Waals surface area contributed by atoms with Crippen molar-refractivity contribution in [3.05, 3.63) is 46.3 Å². The standard InChI is InChI=1S/C36H42O10S3/c1-19-22-11-12-24-34-18-45-36(42,31(41)29(34)33(2,3)14-13-25(34)37)35(24,30(19)40)32(22)46-27(39)6-4-5-26(38)44-16-15-43-21-9-7-20(8-10-21)23-17-28(47)49-48-23/h7-10,17,22,24-25,29,31-32,37,41-42H,1,4-6,11-16,18H2,2-3H3/t22-,24-,25-,29+,31-,32+,34+,35-,36-/m0/s1. The van der Waals surface area contributed by atoms with E-state index in [0.717, 1.165) is 14.3 Å². The van der Waals surface area contributed by atoms with E-state index in [1.165, 1.54) is 0 Å². The molecule has 0 unspecified atom stereocenters. The van der Waals surface area contributed by atoms with Gasteiger partial charge in [-0.3, -0.25) is 14.4 Å². The summed E-state index contributed by atoms with van der Waals surface area (Å²) >= 11 is 5.20. The first kappa shape index (κ1) is 34.9. The van der Waals surface area contributed by atoms with Crippen molar-refractivity contribution in [2.45, 2.75) is 82.9 Å². The van der Waals surface area contributed by atoms with Gasteiger partial charge in [0.25, 0.3) is 0 Å². The van der Waals surface area contributed by atoms with Crippen molar-refractivity contribution >= 4 is 50.6 Å². The molecule has 3 heterocycles. The Hall–Kier alpha value is -2.52. The van der Waals surface area contributed by atoms with E-state index < -0.39 is 75.8 Å². The Morgan fingerprint density at radius 2 is 1.80 bits per heavy atom. The molecule has 2 spiro atoms. The van der Waals surface area contributed by atoms with Crippen molar-refractivity contribution in [3.8, 4) is 16.2 Å². The average molecular weight is 731 g/mol. The van der Waals surface area contributed by atoms with Crippen molar-refractivity contribution in [3.63, 3.8) is 0 Å². The van der Waals surface area contributed by atoms with Crippen LogP contribution in [0.3, 0.4) is 0 Å². The number of rotatable bonds is 10. The van der Waals surface area contributed by atoms with Crippen LogP contribution < -0.4 is 4.74 Å². The molecule has 1 aromatic heterocycles. The minimum atomic E-state index is -2.31. The van der Waals surface area contributed by atoms with Crippen LogP contribution in [0.25, 0.3) is 10.4 Å². The number of hydrogen-bond acceptors (Lipinski definition) is 13. The van der Waals surface area contributed by atoms with Gasteiger partial charge in [0.05, 0.1) is 12.7 Å². The Kier molecular flexibility index (Phi) is 8.98. The van der Waals surface area contributed by atoms with Gasteiger partial charge in [-0.05, 0) is 84.9 Å². The molecule has 4 saturated carbocycles. The number of benzene rings is 1. The molecule has 2 aliphatic heterocycles. The summed E-state index contributed by atoms with van der Waals surface area (Å²) in [6, 6.07) is 9.55. The molecule has 1 aromatic carbocycles. The lowest BCUT2D eigenvalue weighted by molar-refractivity contribution is -0.458. The second-order valence-corrected chi connectivity index (χ2v) is 17.8. The van der Waals surface area contributed by atoms with E-state index in [1.807, 2.05) is 44.2 Å². The minimum absolute atomic E-state index is 0.000729. The highest BCUT2D eigenvalue weighted by atomic mass is 32.9. The number of ether oxygens (including phenoxy) is 4. The summed E-state index contributed by atoms with van der Waals surface area (Å²) in [4.78, 5) is 41.0. The highest BCUT2D eigenvalue weighted by molar-refractivity contribution is 7.80. The Morgan fingerprint density at radius 1 is 1.06 bits per heavy atom. The second kappa shape index (κ2) is 12.6. The maximum absolute atomic E-state index is 14.2. The summed E-state index contributed by atoms with van der Waals surface area (Å²) in [7, 11) is 3.18. The van der Waals surface area contributed by atoms with E-state index in [-0.39, 0.29) is 44.7 Å². The Balaban J connectivity index is 0.956. The number of aliphatic hydroxyl groups excluding tert-OH is 2. The van der Waals surface area contributed by atoms with Gasteiger partial charge in [0.2, 0.25) is 5.79 Å². The van der Waals surface area contributed by atoms with Crippen LogP contribution in [-0.2, 0) is 28.6 Å². The number of carbonyl (C=O) groups is 3. The van der Waals surface area contributed by atoms with Gasteiger partial charge in [-0.15, -0.1) is 0 Å². The van der Waals surface area contributed by atoms with Gasteiger partial charge in [0, 0.05) is 35.0 Å². The number of hydrogen-bond donors (Lipinski definition) is 3. The largest absolute Gasteiger partial charge is 0.490 e. The first-order valence-corrected chi connectivity index (χ1v) is 19.5. The molecule has 264 valence electrons. The van der Waals surface area contributed by atoms with Crippen LogP contribution in [0.15, 0.2) is 42.5 Å². The summed E-state index contributed by atoms with van der Waals surface area (Å²) in [6.07, 6.45) is -1.35. The summed E-state index contributed by atoms with van der Waals surface area (Å²) in [6.45, 7) is 8.29. The van der Waals surface area contributed by atoms with Crippen LogP contribution in [0.5, 0.6) is 5.75 Å². The van der Waals surface area contributed by atoms with Gasteiger partial charge >= 0.3 is 11.9 Å². The van der Waals surface area contributed by atoms with Crippen LogP contribution >= 0.6 is 32.9 Å². The third-order valence-corrected chi connectivity index (χ3v) is 15.0. The lowest BCUT2D eigenvalue weighted by Gasteiger charge is -2.74. The van der Waals surface area contributed by atoms with Crippen LogP contribution in [0, 0.1) is 37.8 Å². The molecule has 3 N–H and O–H groups in total. The number of carbonyl (C=O) groups excluding carboxylic acids is 3. The normalized spacial score (nSPS) is 36.9. The van der Waals surface area contributed by atoms with E-state index in [1.54, 1.807) is 20.7 Å². The smallest absolute Gasteiger partial charge is 0.306 e. The fraction of sp³-hybridized carbons (Fsp3) is 0.611. The van der Waals surface area contributed by atoms with Gasteiger partial charge < -0.3 is 34.3 Å². The van der Waals surface area contributed by atoms with Crippen molar-refractivity contribution in [1.82, 2.24) is 0 Å². The SMILES string of the molecule is C=C1C(=O)[C@]23[C@H](OC(=O)CCCC(=O)OCCOc4ccc(-c5cc(=S)ss5)cc4)[C@H]1CC[C@H]2[C@@]12CO[C@@]3(O)[C@@H](O)[C@@H]1C(C)(C)CC[C@@H]2O. The zero-order chi connectivity index (χ0) is 34.9. The van der Waals surface area contributed by atoms with E-state index in [4.69, 9.17) is 31.2 Å². The molecule has 4 aliphatic carbocycles. The Bertz CT molecular complexity index is 1720. The maximum Gasteiger partial charge on any atom is 0.306 e. The molecule has 6 fully saturated rings. The first-order chi connectivity index (χ1) is 23.3. The van der Waals surface area contributed by atoms with Gasteiger partial charge in [0.1, 0.15) is 40.4 Å². The monoisotopic (exact) mass is 730 g/mol. The molecule has 0 amide bonds. The zero-order valence-electron chi connectivity index (χ0n) is 27.6. The molecule has 6 aliphatic rings. The predicted octanol–water partition coefficient (Wildman–Crippen LogP) is 5.24. The topological polar surface area (TPSA) is 149 Å². The summed E-state index contributed by atoms with van der Waals surface area (Å²) in [5.74, 6) is -4.92. The summed E-state index contributed by atoms with van der Waals surface area (Å²) in [5.41, 5.74) is -1.93. The molecule has 2 aromatic rings. The van der Waals surface area contributed by atoms with Crippen molar-refractivity contribution in [2.75, 3.05) is 19.8 Å². The summed E-state index contributed by atoms with van der Waals surface area (Å²) < 4.78 is 23.9. The third kappa shape index (κ3) is 5.21. The van der Waals surface area contributed by atoms with Crippen molar-refractivity contribution < 1.29 is 48.7 Å². The number of aliphatic hydroxyl groups is 3. The zero-order valence-corrected chi connectivity index (χ0v) is 30.0. The number of Topliss-reactive ketones (excluding diaryl/α,β-unsaturated/α-hetero) is 1. The fourth-order valence-corrected chi connectivity index (χ4v) is 12.5. The lowest BCUT2D eigenvalue weighted by Crippen LogP contribution is -2.85. The van der Waals surface area contributed by atoms with E-state index >= 15 is 0 Å². The van der Waals surface area contributed by atoms with E-state index in [0.29, 0.717) is 31.4 Å². The predicted molar refractivity (Wildman–Crippen MR) is 183 cm³/mol. The molecule has 4 bridgehead atoms. The number of fused-ring (bicyclic) bond motifs is 2. The van der Waals surface area contributed by atoms with Crippen LogP contribution in [0.4, 0.5) is 0 Å². The third-order valence-electron chi connectivity index (χ3n) is 12.1. The highest BCUT2D eigenvalue weighted by Gasteiger charge is 2.87. The molecule has 49 heavy (non-hydrogen) atoms. The molecular weight excluding hydrogens is 689 g/mol. The van der Waals surface area contributed by atoms with Crippen molar-refractivity contribution in [2.24, 2.45) is 34.0 Å². The van der Waals surface area contributed by atoms with E-state index in [2.05, 4.69) is 6.58 Å². The van der Waals surface area contributed by atoms with Crippen LogP contribution in [-0.4, -0.2) is 77.0 Å². The molecule has 8 rings (SSSR count). The first-order valence-electron chi connectivity index (χ1n) is 16.9. The van der Waals surface area contributed by atoms with Gasteiger partial charge in [-0.25, -0.2) is 0 Å².